The van der Waals surface area contributed by atoms with Gasteiger partial charge in [-0.15, -0.1) is 0 Å². The highest BCUT2D eigenvalue weighted by Gasteiger charge is 2.12. The molecule has 0 aliphatic carbocycles. The maximum atomic E-state index is 12.2. The summed E-state index contributed by atoms with van der Waals surface area (Å²) in [6.45, 7) is 2.55. The van der Waals surface area contributed by atoms with Crippen LogP contribution in [0.5, 0.6) is 0 Å². The van der Waals surface area contributed by atoms with E-state index in [2.05, 4.69) is 15.6 Å². The number of ether oxygens (including phenoxy) is 1. The topological polar surface area (TPSA) is 80.3 Å². The van der Waals surface area contributed by atoms with Crippen molar-refractivity contribution in [3.63, 3.8) is 0 Å². The normalized spacial score (nSPS) is 10.2. The lowest BCUT2D eigenvalue weighted by Gasteiger charge is -2.09. The molecule has 0 aliphatic rings. The molecule has 2 N–H and O–H groups in total. The number of aryl methyl sites for hydroxylation is 1. The van der Waals surface area contributed by atoms with Crippen LogP contribution in [-0.2, 0) is 9.53 Å². The summed E-state index contributed by atoms with van der Waals surface area (Å²) >= 11 is 0. The Balaban J connectivity index is 1.96. The molecule has 2 rings (SSSR count). The van der Waals surface area contributed by atoms with E-state index < -0.39 is 0 Å². The fourth-order valence-corrected chi connectivity index (χ4v) is 2.18. The van der Waals surface area contributed by atoms with Gasteiger partial charge in [-0.25, -0.2) is 0 Å². The number of hydrogen-bond acceptors (Lipinski definition) is 4. The lowest BCUT2D eigenvalue weighted by Crippen LogP contribution is -2.38. The van der Waals surface area contributed by atoms with Crippen LogP contribution in [0.25, 0.3) is 11.3 Å². The van der Waals surface area contributed by atoms with Crippen molar-refractivity contribution in [3.8, 4) is 11.3 Å². The average molecular weight is 327 g/mol. The highest BCUT2D eigenvalue weighted by Crippen LogP contribution is 2.18. The molecule has 24 heavy (non-hydrogen) atoms. The number of benzene rings is 1. The standard InChI is InChI=1S/C18H21N3O3/c1-13-15(18(23)20-12-17(22)19-10-11-24-2)8-9-16(21-13)14-6-4-3-5-7-14/h3-9H,10-12H2,1-2H3,(H,19,22)(H,20,23). The number of rotatable bonds is 7. The molecule has 2 amide bonds. The maximum Gasteiger partial charge on any atom is 0.253 e. The van der Waals surface area contributed by atoms with Gasteiger partial charge in [-0.2, -0.15) is 0 Å². The first-order chi connectivity index (χ1) is 11.6. The quantitative estimate of drug-likeness (QED) is 0.756. The van der Waals surface area contributed by atoms with Gasteiger partial charge in [-0.3, -0.25) is 14.6 Å². The summed E-state index contributed by atoms with van der Waals surface area (Å²) in [5.41, 5.74) is 2.88. The number of carbonyl (C=O) groups is 2. The van der Waals surface area contributed by atoms with E-state index in [1.165, 1.54) is 0 Å². The lowest BCUT2D eigenvalue weighted by molar-refractivity contribution is -0.120. The van der Waals surface area contributed by atoms with Gasteiger partial charge in [0.1, 0.15) is 0 Å². The van der Waals surface area contributed by atoms with Gasteiger partial charge in [0.05, 0.1) is 30.1 Å². The first kappa shape index (κ1) is 17.6. The summed E-state index contributed by atoms with van der Waals surface area (Å²) in [6.07, 6.45) is 0. The molecule has 0 saturated carbocycles. The molecule has 6 heteroatoms. The minimum Gasteiger partial charge on any atom is -0.383 e. The molecule has 0 spiro atoms. The van der Waals surface area contributed by atoms with E-state index in [0.717, 1.165) is 11.3 Å². The average Bonchev–Trinajstić information content (AvgIpc) is 2.60. The minimum absolute atomic E-state index is 0.0809. The number of amides is 2. The number of methoxy groups -OCH3 is 1. The van der Waals surface area contributed by atoms with Crippen LogP contribution >= 0.6 is 0 Å². The van der Waals surface area contributed by atoms with Crippen molar-refractivity contribution in [1.82, 2.24) is 15.6 Å². The van der Waals surface area contributed by atoms with E-state index in [4.69, 9.17) is 4.74 Å². The van der Waals surface area contributed by atoms with E-state index in [0.29, 0.717) is 24.4 Å². The lowest BCUT2D eigenvalue weighted by atomic mass is 10.1. The first-order valence-corrected chi connectivity index (χ1v) is 7.68. The molecular formula is C18H21N3O3. The van der Waals surface area contributed by atoms with Crippen LogP contribution in [0.4, 0.5) is 0 Å². The van der Waals surface area contributed by atoms with Crippen molar-refractivity contribution < 1.29 is 14.3 Å². The van der Waals surface area contributed by atoms with Gasteiger partial charge < -0.3 is 15.4 Å². The van der Waals surface area contributed by atoms with Crippen molar-refractivity contribution >= 4 is 11.8 Å². The third kappa shape index (κ3) is 4.89. The van der Waals surface area contributed by atoms with E-state index in [1.54, 1.807) is 26.2 Å². The Morgan fingerprint density at radius 1 is 1.08 bits per heavy atom. The Morgan fingerprint density at radius 2 is 1.83 bits per heavy atom. The zero-order chi connectivity index (χ0) is 17.4. The van der Waals surface area contributed by atoms with Crippen LogP contribution in [0, 0.1) is 6.92 Å². The Labute approximate surface area is 141 Å². The molecule has 0 radical (unpaired) electrons. The summed E-state index contributed by atoms with van der Waals surface area (Å²) in [5.74, 6) is -0.576. The second kappa shape index (κ2) is 8.79. The second-order valence-electron chi connectivity index (χ2n) is 5.22. The summed E-state index contributed by atoms with van der Waals surface area (Å²) in [4.78, 5) is 28.2. The summed E-state index contributed by atoms with van der Waals surface area (Å²) in [7, 11) is 1.56. The predicted octanol–water partition coefficient (Wildman–Crippen LogP) is 1.55. The van der Waals surface area contributed by atoms with Crippen LogP contribution in [0.1, 0.15) is 16.1 Å². The highest BCUT2D eigenvalue weighted by atomic mass is 16.5. The SMILES string of the molecule is COCCNC(=O)CNC(=O)c1ccc(-c2ccccc2)nc1C. The Kier molecular flexibility index (Phi) is 6.45. The Morgan fingerprint density at radius 3 is 2.50 bits per heavy atom. The molecule has 6 nitrogen and oxygen atoms in total. The zero-order valence-corrected chi connectivity index (χ0v) is 13.8. The molecular weight excluding hydrogens is 306 g/mol. The van der Waals surface area contributed by atoms with Crippen molar-refractivity contribution in [1.29, 1.82) is 0 Å². The van der Waals surface area contributed by atoms with Gasteiger partial charge in [-0.05, 0) is 19.1 Å². The van der Waals surface area contributed by atoms with Gasteiger partial charge in [0.25, 0.3) is 5.91 Å². The number of aromatic nitrogens is 1. The number of pyridine rings is 1. The van der Waals surface area contributed by atoms with Gasteiger partial charge in [-0.1, -0.05) is 30.3 Å². The fourth-order valence-electron chi connectivity index (χ4n) is 2.18. The smallest absolute Gasteiger partial charge is 0.253 e. The molecule has 0 atom stereocenters. The number of nitrogens with one attached hydrogen (secondary N) is 2. The number of carbonyl (C=O) groups excluding carboxylic acids is 2. The molecule has 0 unspecified atom stereocenters. The number of nitrogens with zero attached hydrogens (tertiary/aromatic N) is 1. The monoisotopic (exact) mass is 327 g/mol. The molecule has 0 fully saturated rings. The van der Waals surface area contributed by atoms with E-state index in [1.807, 2.05) is 30.3 Å². The van der Waals surface area contributed by atoms with Crippen molar-refractivity contribution in [2.75, 3.05) is 26.8 Å². The first-order valence-electron chi connectivity index (χ1n) is 7.68. The molecule has 0 bridgehead atoms. The van der Waals surface area contributed by atoms with Crippen LogP contribution in [-0.4, -0.2) is 43.6 Å². The maximum absolute atomic E-state index is 12.2. The molecule has 0 aliphatic heterocycles. The van der Waals surface area contributed by atoms with Crippen molar-refractivity contribution in [2.24, 2.45) is 0 Å². The Bertz CT molecular complexity index is 702. The summed E-state index contributed by atoms with van der Waals surface area (Å²) in [5, 5.41) is 5.24. The minimum atomic E-state index is -0.318. The Hall–Kier alpha value is -2.73. The summed E-state index contributed by atoms with van der Waals surface area (Å²) in [6, 6.07) is 13.3. The third-order valence-corrected chi connectivity index (χ3v) is 3.44. The molecule has 1 aromatic carbocycles. The number of hydrogen-bond donors (Lipinski definition) is 2. The predicted molar refractivity (Wildman–Crippen MR) is 91.6 cm³/mol. The van der Waals surface area contributed by atoms with Crippen LogP contribution in [0.3, 0.4) is 0 Å². The molecule has 2 aromatic rings. The zero-order valence-electron chi connectivity index (χ0n) is 13.8. The van der Waals surface area contributed by atoms with Gasteiger partial charge in [0.15, 0.2) is 0 Å². The molecule has 0 saturated heterocycles. The van der Waals surface area contributed by atoms with Crippen LogP contribution < -0.4 is 10.6 Å². The van der Waals surface area contributed by atoms with E-state index >= 15 is 0 Å². The molecule has 1 aromatic heterocycles. The molecule has 126 valence electrons. The highest BCUT2D eigenvalue weighted by molar-refractivity contribution is 5.97. The van der Waals surface area contributed by atoms with Crippen molar-refractivity contribution in [2.45, 2.75) is 6.92 Å². The third-order valence-electron chi connectivity index (χ3n) is 3.44. The summed E-state index contributed by atoms with van der Waals surface area (Å²) < 4.78 is 4.84. The van der Waals surface area contributed by atoms with Crippen molar-refractivity contribution in [3.05, 3.63) is 53.7 Å². The van der Waals surface area contributed by atoms with E-state index in [9.17, 15) is 9.59 Å². The largest absolute Gasteiger partial charge is 0.383 e. The van der Waals surface area contributed by atoms with Gasteiger partial charge in [0.2, 0.25) is 5.91 Å². The second-order valence-corrected chi connectivity index (χ2v) is 5.22. The van der Waals surface area contributed by atoms with Crippen LogP contribution in [0.2, 0.25) is 0 Å². The van der Waals surface area contributed by atoms with E-state index in [-0.39, 0.29) is 18.4 Å². The van der Waals surface area contributed by atoms with Crippen LogP contribution in [0.15, 0.2) is 42.5 Å². The van der Waals surface area contributed by atoms with Gasteiger partial charge >= 0.3 is 0 Å². The van der Waals surface area contributed by atoms with Gasteiger partial charge in [0, 0.05) is 19.2 Å². The molecule has 1 heterocycles. The fraction of sp³-hybridized carbons (Fsp3) is 0.278.